The van der Waals surface area contributed by atoms with Crippen LogP contribution in [0.3, 0.4) is 0 Å². The number of fused-ring (bicyclic) bond motifs is 1. The highest BCUT2D eigenvalue weighted by Gasteiger charge is 2.20. The summed E-state index contributed by atoms with van der Waals surface area (Å²) < 4.78 is 0.897. The summed E-state index contributed by atoms with van der Waals surface area (Å²) in [5, 5.41) is 3.34. The van der Waals surface area contributed by atoms with Crippen molar-refractivity contribution in [3.63, 3.8) is 0 Å². The molecule has 2 N–H and O–H groups in total. The van der Waals surface area contributed by atoms with Crippen LogP contribution in [0.2, 0.25) is 5.02 Å². The van der Waals surface area contributed by atoms with Gasteiger partial charge in [-0.2, -0.15) is 0 Å². The lowest BCUT2D eigenvalue weighted by atomic mass is 10.2. The van der Waals surface area contributed by atoms with E-state index in [4.69, 9.17) is 11.6 Å². The number of H-pyrrole nitrogens is 1. The second kappa shape index (κ2) is 6.33. The Kier molecular flexibility index (Phi) is 4.22. The van der Waals surface area contributed by atoms with Crippen molar-refractivity contribution in [1.82, 2.24) is 9.55 Å². The molecule has 1 unspecified atom stereocenters. The average Bonchev–Trinajstić information content (AvgIpc) is 2.56. The third-order valence-electron chi connectivity index (χ3n) is 3.74. The Morgan fingerprint density at radius 2 is 1.79 bits per heavy atom. The van der Waals surface area contributed by atoms with E-state index in [0.29, 0.717) is 21.6 Å². The Balaban J connectivity index is 2.01. The van der Waals surface area contributed by atoms with Gasteiger partial charge in [0.2, 0.25) is 5.91 Å². The van der Waals surface area contributed by atoms with Gasteiger partial charge in [-0.25, -0.2) is 9.36 Å². The molecule has 0 radical (unpaired) electrons. The van der Waals surface area contributed by atoms with Crippen LogP contribution in [0.25, 0.3) is 10.9 Å². The molecule has 0 spiro atoms. The van der Waals surface area contributed by atoms with Crippen LogP contribution < -0.4 is 16.6 Å². The lowest BCUT2D eigenvalue weighted by Crippen LogP contribution is -2.41. The predicted octanol–water partition coefficient (Wildman–Crippen LogP) is 2.54. The summed E-state index contributed by atoms with van der Waals surface area (Å²) in [6.07, 6.45) is 0. The van der Waals surface area contributed by atoms with Gasteiger partial charge in [0.05, 0.1) is 21.6 Å². The van der Waals surface area contributed by atoms with Gasteiger partial charge in [0.1, 0.15) is 6.04 Å². The minimum absolute atomic E-state index is 0.342. The molecule has 122 valence electrons. The topological polar surface area (TPSA) is 84.0 Å². The summed E-state index contributed by atoms with van der Waals surface area (Å²) in [5.41, 5.74) is -0.305. The normalized spacial score (nSPS) is 12.1. The first-order valence-electron chi connectivity index (χ1n) is 7.28. The van der Waals surface area contributed by atoms with Crippen LogP contribution in [-0.4, -0.2) is 15.5 Å². The van der Waals surface area contributed by atoms with Crippen molar-refractivity contribution >= 4 is 34.1 Å². The van der Waals surface area contributed by atoms with Gasteiger partial charge in [0.25, 0.3) is 5.56 Å². The number of nitrogens with zero attached hydrogens (tertiary/aromatic N) is 1. The maximum atomic E-state index is 12.6. The van der Waals surface area contributed by atoms with E-state index in [0.717, 1.165) is 4.57 Å². The zero-order valence-corrected chi connectivity index (χ0v) is 13.5. The van der Waals surface area contributed by atoms with Gasteiger partial charge in [0, 0.05) is 0 Å². The smallest absolute Gasteiger partial charge is 0.323 e. The van der Waals surface area contributed by atoms with Crippen LogP contribution in [0.1, 0.15) is 13.0 Å². The SMILES string of the molecule is CC(C(=O)Nc1ccccc1Cl)n1c(=O)[nH]c2ccccc2c1=O. The monoisotopic (exact) mass is 343 g/mol. The first-order valence-corrected chi connectivity index (χ1v) is 7.66. The lowest BCUT2D eigenvalue weighted by Gasteiger charge is -2.15. The van der Waals surface area contributed by atoms with E-state index < -0.39 is 23.2 Å². The molecular weight excluding hydrogens is 330 g/mol. The Labute approximate surface area is 141 Å². The summed E-state index contributed by atoms with van der Waals surface area (Å²) in [5.74, 6) is -0.508. The van der Waals surface area contributed by atoms with Crippen LogP contribution >= 0.6 is 11.6 Å². The van der Waals surface area contributed by atoms with Crippen LogP contribution in [0.4, 0.5) is 5.69 Å². The number of para-hydroxylation sites is 2. The maximum Gasteiger partial charge on any atom is 0.329 e. The van der Waals surface area contributed by atoms with Crippen LogP contribution in [0.15, 0.2) is 58.1 Å². The van der Waals surface area contributed by atoms with E-state index in [1.54, 1.807) is 48.5 Å². The second-order valence-electron chi connectivity index (χ2n) is 5.30. The Hall–Kier alpha value is -2.86. The standard InChI is InChI=1S/C17H14ClN3O3/c1-10(15(22)19-14-9-5-3-7-12(14)18)21-16(23)11-6-2-4-8-13(11)20-17(21)24/h2-10H,1H3,(H,19,22)(H,20,24). The van der Waals surface area contributed by atoms with Crippen molar-refractivity contribution in [2.45, 2.75) is 13.0 Å². The number of rotatable bonds is 3. The number of aromatic amines is 1. The molecule has 0 saturated heterocycles. The maximum absolute atomic E-state index is 12.6. The first-order chi connectivity index (χ1) is 11.5. The number of hydrogen-bond donors (Lipinski definition) is 2. The van der Waals surface area contributed by atoms with Gasteiger partial charge in [0.15, 0.2) is 0 Å². The molecule has 1 atom stereocenters. The molecular formula is C17H14ClN3O3. The summed E-state index contributed by atoms with van der Waals surface area (Å²) in [6.45, 7) is 1.48. The molecule has 3 aromatic rings. The van der Waals surface area contributed by atoms with Crippen molar-refractivity contribution in [1.29, 1.82) is 0 Å². The van der Waals surface area contributed by atoms with Crippen LogP contribution in [0.5, 0.6) is 0 Å². The van der Waals surface area contributed by atoms with Gasteiger partial charge in [-0.05, 0) is 31.2 Å². The molecule has 0 aliphatic rings. The van der Waals surface area contributed by atoms with E-state index in [1.165, 1.54) is 6.92 Å². The molecule has 7 heteroatoms. The minimum atomic E-state index is -0.998. The van der Waals surface area contributed by atoms with Gasteiger partial charge >= 0.3 is 5.69 Å². The van der Waals surface area contributed by atoms with Crippen molar-refractivity contribution in [2.75, 3.05) is 5.32 Å². The highest BCUT2D eigenvalue weighted by molar-refractivity contribution is 6.33. The predicted molar refractivity (Wildman–Crippen MR) is 93.6 cm³/mol. The summed E-state index contributed by atoms with van der Waals surface area (Å²) >= 11 is 6.01. The van der Waals surface area contributed by atoms with Crippen molar-refractivity contribution in [3.8, 4) is 0 Å². The largest absolute Gasteiger partial charge is 0.329 e. The molecule has 0 bridgehead atoms. The quantitative estimate of drug-likeness (QED) is 0.766. The fourth-order valence-electron chi connectivity index (χ4n) is 2.44. The molecule has 24 heavy (non-hydrogen) atoms. The van der Waals surface area contributed by atoms with Crippen molar-refractivity contribution in [2.24, 2.45) is 0 Å². The number of carbonyl (C=O) groups is 1. The molecule has 0 aliphatic heterocycles. The summed E-state index contributed by atoms with van der Waals surface area (Å²) in [7, 11) is 0. The lowest BCUT2D eigenvalue weighted by molar-refractivity contribution is -0.119. The van der Waals surface area contributed by atoms with Gasteiger partial charge in [-0.15, -0.1) is 0 Å². The van der Waals surface area contributed by atoms with E-state index in [1.807, 2.05) is 0 Å². The van der Waals surface area contributed by atoms with E-state index >= 15 is 0 Å². The highest BCUT2D eigenvalue weighted by atomic mass is 35.5. The Morgan fingerprint density at radius 1 is 1.12 bits per heavy atom. The molecule has 2 aromatic carbocycles. The van der Waals surface area contributed by atoms with Crippen LogP contribution in [-0.2, 0) is 4.79 Å². The summed E-state index contributed by atoms with van der Waals surface area (Å²) in [4.78, 5) is 39.8. The average molecular weight is 344 g/mol. The zero-order valence-electron chi connectivity index (χ0n) is 12.7. The highest BCUT2D eigenvalue weighted by Crippen LogP contribution is 2.21. The van der Waals surface area contributed by atoms with Gasteiger partial charge in [-0.1, -0.05) is 35.9 Å². The molecule has 0 aliphatic carbocycles. The minimum Gasteiger partial charge on any atom is -0.323 e. The number of halogens is 1. The molecule has 1 aromatic heterocycles. The number of nitrogens with one attached hydrogen (secondary N) is 2. The van der Waals surface area contributed by atoms with Crippen molar-refractivity contribution in [3.05, 3.63) is 74.4 Å². The molecule has 0 saturated carbocycles. The second-order valence-corrected chi connectivity index (χ2v) is 5.70. The van der Waals surface area contributed by atoms with E-state index in [9.17, 15) is 14.4 Å². The zero-order chi connectivity index (χ0) is 17.3. The summed E-state index contributed by atoms with van der Waals surface area (Å²) in [6, 6.07) is 12.4. The van der Waals surface area contributed by atoms with Gasteiger partial charge in [-0.3, -0.25) is 9.59 Å². The molecule has 6 nitrogen and oxygen atoms in total. The molecule has 3 rings (SSSR count). The molecule has 0 fully saturated rings. The number of carbonyl (C=O) groups excluding carboxylic acids is 1. The number of anilines is 1. The third kappa shape index (κ3) is 2.83. The molecule has 1 heterocycles. The third-order valence-corrected chi connectivity index (χ3v) is 4.06. The first kappa shape index (κ1) is 16.0. The van der Waals surface area contributed by atoms with Crippen molar-refractivity contribution < 1.29 is 4.79 Å². The fraction of sp³-hybridized carbons (Fsp3) is 0.118. The van der Waals surface area contributed by atoms with Crippen LogP contribution in [0, 0.1) is 0 Å². The molecule has 1 amide bonds. The van der Waals surface area contributed by atoms with Gasteiger partial charge < -0.3 is 10.3 Å². The number of benzene rings is 2. The number of hydrogen-bond acceptors (Lipinski definition) is 3. The number of aromatic nitrogens is 2. The van der Waals surface area contributed by atoms with E-state index in [-0.39, 0.29) is 0 Å². The van der Waals surface area contributed by atoms with E-state index in [2.05, 4.69) is 10.3 Å². The number of amides is 1. The Bertz CT molecular complexity index is 1040. The fourth-order valence-corrected chi connectivity index (χ4v) is 2.63. The Morgan fingerprint density at radius 3 is 2.54 bits per heavy atom.